The van der Waals surface area contributed by atoms with Crippen LogP contribution in [-0.4, -0.2) is 53.7 Å². The van der Waals surface area contributed by atoms with Crippen LogP contribution in [0.15, 0.2) is 27.8 Å². The van der Waals surface area contributed by atoms with E-state index in [-0.39, 0.29) is 29.1 Å². The lowest BCUT2D eigenvalue weighted by Crippen LogP contribution is -2.27. The van der Waals surface area contributed by atoms with Gasteiger partial charge in [0.1, 0.15) is 0 Å². The highest BCUT2D eigenvalue weighted by molar-refractivity contribution is 7.99. The van der Waals surface area contributed by atoms with Crippen LogP contribution in [0, 0.1) is 5.92 Å². The van der Waals surface area contributed by atoms with Crippen LogP contribution in [0.5, 0.6) is 0 Å². The van der Waals surface area contributed by atoms with Crippen LogP contribution in [0.4, 0.5) is 0 Å². The van der Waals surface area contributed by atoms with Gasteiger partial charge < -0.3 is 9.32 Å². The minimum atomic E-state index is -2.93. The van der Waals surface area contributed by atoms with E-state index in [1.54, 1.807) is 24.1 Å². The molecule has 152 valence electrons. The van der Waals surface area contributed by atoms with E-state index in [1.807, 2.05) is 6.07 Å². The standard InChI is InChI=1S/C17H19Cl2N3O4S2/c1-22(8-11-2-3-13(18)14(19)6-11)16(23)9-27-17-21-20-15(26-17)7-12-4-5-28(24,25)10-12/h2-3,6,12H,4-5,7-10H2,1H3. The highest BCUT2D eigenvalue weighted by atomic mass is 35.5. The number of amides is 1. The van der Waals surface area contributed by atoms with Gasteiger partial charge in [-0.2, -0.15) is 0 Å². The summed E-state index contributed by atoms with van der Waals surface area (Å²) in [5.41, 5.74) is 0.877. The Morgan fingerprint density at radius 1 is 1.32 bits per heavy atom. The van der Waals surface area contributed by atoms with Crippen LogP contribution >= 0.6 is 35.0 Å². The van der Waals surface area contributed by atoms with Gasteiger partial charge in [0.15, 0.2) is 9.84 Å². The van der Waals surface area contributed by atoms with E-state index in [9.17, 15) is 13.2 Å². The van der Waals surface area contributed by atoms with Crippen molar-refractivity contribution in [3.8, 4) is 0 Å². The number of aromatic nitrogens is 2. The highest BCUT2D eigenvalue weighted by Crippen LogP contribution is 2.25. The fourth-order valence-corrected chi connectivity index (χ4v) is 5.80. The van der Waals surface area contributed by atoms with Gasteiger partial charge in [0.2, 0.25) is 11.8 Å². The van der Waals surface area contributed by atoms with Crippen LogP contribution in [0.3, 0.4) is 0 Å². The molecule has 3 rings (SSSR count). The van der Waals surface area contributed by atoms with Gasteiger partial charge in [0, 0.05) is 20.0 Å². The van der Waals surface area contributed by atoms with Gasteiger partial charge in [-0.15, -0.1) is 10.2 Å². The highest BCUT2D eigenvalue weighted by Gasteiger charge is 2.29. The average molecular weight is 464 g/mol. The number of hydrogen-bond acceptors (Lipinski definition) is 7. The topological polar surface area (TPSA) is 93.4 Å². The summed E-state index contributed by atoms with van der Waals surface area (Å²) in [4.78, 5) is 13.9. The second kappa shape index (κ2) is 9.02. The molecule has 1 amide bonds. The first-order valence-corrected chi connectivity index (χ1v) is 12.1. The number of carbonyl (C=O) groups excluding carboxylic acids is 1. The van der Waals surface area contributed by atoms with Crippen molar-refractivity contribution in [1.29, 1.82) is 0 Å². The molecule has 0 saturated carbocycles. The van der Waals surface area contributed by atoms with Crippen LogP contribution in [0.2, 0.25) is 10.0 Å². The van der Waals surface area contributed by atoms with Crippen molar-refractivity contribution >= 4 is 50.7 Å². The van der Waals surface area contributed by atoms with E-state index in [4.69, 9.17) is 27.6 Å². The van der Waals surface area contributed by atoms with Gasteiger partial charge in [0.25, 0.3) is 5.22 Å². The smallest absolute Gasteiger partial charge is 0.277 e. The maximum absolute atomic E-state index is 12.3. The Bertz CT molecular complexity index is 965. The molecule has 0 spiro atoms. The Labute approximate surface area is 177 Å². The van der Waals surface area contributed by atoms with Crippen LogP contribution in [0.25, 0.3) is 0 Å². The third kappa shape index (κ3) is 5.85. The summed E-state index contributed by atoms with van der Waals surface area (Å²) in [6, 6.07) is 5.24. The number of hydrogen-bond donors (Lipinski definition) is 0. The molecular weight excluding hydrogens is 445 g/mol. The Kier molecular flexibility index (Phi) is 6.90. The molecule has 1 aliphatic heterocycles. The molecule has 1 saturated heterocycles. The zero-order valence-corrected chi connectivity index (χ0v) is 18.2. The van der Waals surface area contributed by atoms with Crippen molar-refractivity contribution in [3.63, 3.8) is 0 Å². The number of rotatable bonds is 7. The van der Waals surface area contributed by atoms with Gasteiger partial charge in [-0.25, -0.2) is 8.42 Å². The van der Waals surface area contributed by atoms with Gasteiger partial charge in [-0.05, 0) is 30.0 Å². The fraction of sp³-hybridized carbons (Fsp3) is 0.471. The number of sulfone groups is 1. The second-order valence-electron chi connectivity index (χ2n) is 6.72. The van der Waals surface area contributed by atoms with Gasteiger partial charge in [-0.3, -0.25) is 4.79 Å². The minimum Gasteiger partial charge on any atom is -0.416 e. The van der Waals surface area contributed by atoms with Crippen LogP contribution < -0.4 is 0 Å². The molecule has 7 nitrogen and oxygen atoms in total. The molecule has 0 bridgehead atoms. The van der Waals surface area contributed by atoms with E-state index >= 15 is 0 Å². The third-order valence-corrected chi connectivity index (χ3v) is 7.77. The minimum absolute atomic E-state index is 0.0160. The van der Waals surface area contributed by atoms with Crippen LogP contribution in [-0.2, 0) is 27.6 Å². The first kappa shape index (κ1) is 21.4. The lowest BCUT2D eigenvalue weighted by molar-refractivity contribution is -0.127. The second-order valence-corrected chi connectivity index (χ2v) is 10.7. The lowest BCUT2D eigenvalue weighted by Gasteiger charge is -2.17. The molecule has 1 aliphatic rings. The molecule has 1 aromatic heterocycles. The molecule has 11 heteroatoms. The maximum atomic E-state index is 12.3. The number of halogens is 2. The molecule has 2 heterocycles. The lowest BCUT2D eigenvalue weighted by atomic mass is 10.1. The molecule has 28 heavy (non-hydrogen) atoms. The first-order chi connectivity index (χ1) is 13.2. The van der Waals surface area contributed by atoms with Crippen molar-refractivity contribution in [2.75, 3.05) is 24.3 Å². The molecule has 0 aliphatic carbocycles. The van der Waals surface area contributed by atoms with Gasteiger partial charge >= 0.3 is 0 Å². The SMILES string of the molecule is CN(Cc1ccc(Cl)c(Cl)c1)C(=O)CSc1nnc(CC2CCS(=O)(=O)C2)o1. The molecule has 0 N–H and O–H groups in total. The van der Waals surface area contributed by atoms with Crippen molar-refractivity contribution in [2.24, 2.45) is 5.92 Å². The van der Waals surface area contributed by atoms with Gasteiger partial charge in [0.05, 0.1) is 27.3 Å². The van der Waals surface area contributed by atoms with Crippen molar-refractivity contribution in [2.45, 2.75) is 24.6 Å². The van der Waals surface area contributed by atoms with Crippen LogP contribution in [0.1, 0.15) is 17.9 Å². The Hall–Kier alpha value is -1.29. The molecule has 1 atom stereocenters. The molecule has 0 radical (unpaired) electrons. The quantitative estimate of drug-likeness (QED) is 0.582. The van der Waals surface area contributed by atoms with E-state index in [0.29, 0.717) is 40.5 Å². The number of carbonyl (C=O) groups is 1. The molecule has 1 unspecified atom stereocenters. The number of nitrogens with zero attached hydrogens (tertiary/aromatic N) is 3. The zero-order chi connectivity index (χ0) is 20.3. The summed E-state index contributed by atoms with van der Waals surface area (Å²) in [7, 11) is -1.23. The third-order valence-electron chi connectivity index (χ3n) is 4.39. The Balaban J connectivity index is 1.47. The predicted molar refractivity (Wildman–Crippen MR) is 108 cm³/mol. The van der Waals surface area contributed by atoms with Crippen molar-refractivity contribution in [3.05, 3.63) is 39.7 Å². The summed E-state index contributed by atoms with van der Waals surface area (Å²) in [6.45, 7) is 0.404. The van der Waals surface area contributed by atoms with E-state index in [1.165, 1.54) is 0 Å². The summed E-state index contributed by atoms with van der Waals surface area (Å²) in [5.74, 6) is 0.849. The Morgan fingerprint density at radius 3 is 2.79 bits per heavy atom. The van der Waals surface area contributed by atoms with Gasteiger partial charge in [-0.1, -0.05) is 41.0 Å². The first-order valence-electron chi connectivity index (χ1n) is 8.55. The molecule has 1 fully saturated rings. The predicted octanol–water partition coefficient (Wildman–Crippen LogP) is 3.10. The summed E-state index contributed by atoms with van der Waals surface area (Å²) >= 11 is 13.0. The summed E-state index contributed by atoms with van der Waals surface area (Å²) < 4.78 is 28.6. The molecule has 1 aromatic carbocycles. The normalized spacial score (nSPS) is 18.3. The van der Waals surface area contributed by atoms with Crippen molar-refractivity contribution in [1.82, 2.24) is 15.1 Å². The molecule has 2 aromatic rings. The zero-order valence-electron chi connectivity index (χ0n) is 15.1. The fourth-order valence-electron chi connectivity index (χ4n) is 2.89. The summed E-state index contributed by atoms with van der Waals surface area (Å²) in [6.07, 6.45) is 1.06. The maximum Gasteiger partial charge on any atom is 0.277 e. The number of thioether (sulfide) groups is 1. The average Bonchev–Trinajstić information content (AvgIpc) is 3.22. The summed E-state index contributed by atoms with van der Waals surface area (Å²) in [5, 5.41) is 9.09. The van der Waals surface area contributed by atoms with E-state index in [0.717, 1.165) is 17.3 Å². The number of benzene rings is 1. The molecular formula is C17H19Cl2N3O4S2. The van der Waals surface area contributed by atoms with E-state index < -0.39 is 9.84 Å². The largest absolute Gasteiger partial charge is 0.416 e. The Morgan fingerprint density at radius 2 is 2.11 bits per heavy atom. The van der Waals surface area contributed by atoms with Crippen molar-refractivity contribution < 1.29 is 17.6 Å². The monoisotopic (exact) mass is 463 g/mol. The van der Waals surface area contributed by atoms with E-state index in [2.05, 4.69) is 10.2 Å².